The van der Waals surface area contributed by atoms with Crippen LogP contribution in [-0.4, -0.2) is 42.4 Å². The number of para-hydroxylation sites is 1. The van der Waals surface area contributed by atoms with Gasteiger partial charge in [-0.25, -0.2) is 4.98 Å². The lowest BCUT2D eigenvalue weighted by molar-refractivity contribution is -0.168. The van der Waals surface area contributed by atoms with E-state index in [0.29, 0.717) is 11.2 Å². The van der Waals surface area contributed by atoms with Gasteiger partial charge in [0.1, 0.15) is 17.4 Å². The fourth-order valence-electron chi connectivity index (χ4n) is 2.54. The highest BCUT2D eigenvalue weighted by molar-refractivity contribution is 5.96. The average Bonchev–Trinajstić information content (AvgIpc) is 2.60. The third kappa shape index (κ3) is 4.06. The van der Waals surface area contributed by atoms with E-state index in [1.165, 1.54) is 13.2 Å². The van der Waals surface area contributed by atoms with E-state index in [-0.39, 0.29) is 19.0 Å². The van der Waals surface area contributed by atoms with Gasteiger partial charge in [-0.05, 0) is 26.0 Å². The molecule has 0 aliphatic heterocycles. The van der Waals surface area contributed by atoms with Gasteiger partial charge in [0.05, 0.1) is 18.9 Å². The van der Waals surface area contributed by atoms with Crippen LogP contribution in [0.4, 0.5) is 0 Å². The summed E-state index contributed by atoms with van der Waals surface area (Å²) >= 11 is 0. The summed E-state index contributed by atoms with van der Waals surface area (Å²) in [7, 11) is 1.37. The van der Waals surface area contributed by atoms with Crippen molar-refractivity contribution in [3.63, 3.8) is 0 Å². The SMILES string of the molecule is CCOC(=O)C(C(=O)OCC)[C@@H](OC)c1ccc2cccc(O)c2n1. The molecule has 0 bridgehead atoms. The summed E-state index contributed by atoms with van der Waals surface area (Å²) in [6.07, 6.45) is -0.998. The van der Waals surface area contributed by atoms with E-state index in [1.54, 1.807) is 38.1 Å². The highest BCUT2D eigenvalue weighted by atomic mass is 16.6. The lowest BCUT2D eigenvalue weighted by Gasteiger charge is -2.23. The smallest absolute Gasteiger partial charge is 0.323 e. The molecule has 0 radical (unpaired) electrons. The van der Waals surface area contributed by atoms with Crippen molar-refractivity contribution >= 4 is 22.8 Å². The van der Waals surface area contributed by atoms with Crippen LogP contribution in [0.2, 0.25) is 0 Å². The summed E-state index contributed by atoms with van der Waals surface area (Å²) in [5.41, 5.74) is 0.677. The fraction of sp³-hybridized carbons (Fsp3) is 0.389. The predicted molar refractivity (Wildman–Crippen MR) is 89.9 cm³/mol. The number of rotatable bonds is 7. The van der Waals surface area contributed by atoms with E-state index < -0.39 is 24.0 Å². The summed E-state index contributed by atoms with van der Waals surface area (Å²) < 4.78 is 15.4. The first-order chi connectivity index (χ1) is 12.0. The number of aromatic nitrogens is 1. The van der Waals surface area contributed by atoms with Gasteiger partial charge in [0.2, 0.25) is 0 Å². The zero-order chi connectivity index (χ0) is 18.4. The Morgan fingerprint density at radius 3 is 2.28 bits per heavy atom. The Balaban J connectivity index is 2.48. The minimum Gasteiger partial charge on any atom is -0.506 e. The maximum Gasteiger partial charge on any atom is 0.323 e. The van der Waals surface area contributed by atoms with Crippen LogP contribution in [0.3, 0.4) is 0 Å². The molecule has 0 fully saturated rings. The van der Waals surface area contributed by atoms with Gasteiger partial charge in [0, 0.05) is 12.5 Å². The number of benzene rings is 1. The molecule has 1 aromatic heterocycles. The van der Waals surface area contributed by atoms with Crippen molar-refractivity contribution < 1.29 is 28.9 Å². The Morgan fingerprint density at radius 2 is 1.72 bits per heavy atom. The Morgan fingerprint density at radius 1 is 1.08 bits per heavy atom. The van der Waals surface area contributed by atoms with E-state index in [2.05, 4.69) is 4.98 Å². The maximum absolute atomic E-state index is 12.3. The van der Waals surface area contributed by atoms with Crippen LogP contribution in [0.15, 0.2) is 30.3 Å². The van der Waals surface area contributed by atoms with Crippen LogP contribution in [0.25, 0.3) is 10.9 Å². The largest absolute Gasteiger partial charge is 0.506 e. The fourth-order valence-corrected chi connectivity index (χ4v) is 2.54. The van der Waals surface area contributed by atoms with E-state index >= 15 is 0 Å². The second kappa shape index (κ2) is 8.43. The molecular weight excluding hydrogens is 326 g/mol. The lowest BCUT2D eigenvalue weighted by Crippen LogP contribution is -2.34. The zero-order valence-electron chi connectivity index (χ0n) is 14.4. The first kappa shape index (κ1) is 18.7. The monoisotopic (exact) mass is 347 g/mol. The first-order valence-corrected chi connectivity index (χ1v) is 7.98. The van der Waals surface area contributed by atoms with Crippen molar-refractivity contribution in [1.82, 2.24) is 4.98 Å². The van der Waals surface area contributed by atoms with Crippen molar-refractivity contribution in [2.24, 2.45) is 5.92 Å². The van der Waals surface area contributed by atoms with Gasteiger partial charge in [-0.15, -0.1) is 0 Å². The number of aromatic hydroxyl groups is 1. The number of esters is 2. The number of hydrogen-bond acceptors (Lipinski definition) is 7. The Labute approximate surface area is 145 Å². The summed E-state index contributed by atoms with van der Waals surface area (Å²) in [5, 5.41) is 10.7. The lowest BCUT2D eigenvalue weighted by atomic mass is 9.98. The molecule has 0 unspecified atom stereocenters. The number of nitrogens with zero attached hydrogens (tertiary/aromatic N) is 1. The van der Waals surface area contributed by atoms with Gasteiger partial charge < -0.3 is 19.3 Å². The number of fused-ring (bicyclic) bond motifs is 1. The molecule has 0 saturated heterocycles. The number of ether oxygens (including phenoxy) is 3. The molecule has 1 aromatic carbocycles. The molecule has 2 aromatic rings. The summed E-state index contributed by atoms with van der Waals surface area (Å²) in [4.78, 5) is 28.9. The number of hydrogen-bond donors (Lipinski definition) is 1. The van der Waals surface area contributed by atoms with Gasteiger partial charge in [0.15, 0.2) is 5.92 Å². The minimum absolute atomic E-state index is 0.00183. The zero-order valence-corrected chi connectivity index (χ0v) is 14.4. The quantitative estimate of drug-likeness (QED) is 0.607. The van der Waals surface area contributed by atoms with Crippen molar-refractivity contribution in [3.8, 4) is 5.75 Å². The van der Waals surface area contributed by atoms with Crippen LogP contribution in [0, 0.1) is 5.92 Å². The Kier molecular flexibility index (Phi) is 6.30. The van der Waals surface area contributed by atoms with Crippen LogP contribution in [0.5, 0.6) is 5.75 Å². The molecular formula is C18H21NO6. The molecule has 134 valence electrons. The van der Waals surface area contributed by atoms with Gasteiger partial charge in [0.25, 0.3) is 0 Å². The summed E-state index contributed by atoms with van der Waals surface area (Å²) in [6.45, 7) is 3.54. The van der Waals surface area contributed by atoms with Gasteiger partial charge in [-0.2, -0.15) is 0 Å². The number of phenols is 1. The average molecular weight is 347 g/mol. The Hall–Kier alpha value is -2.67. The number of carbonyl (C=O) groups excluding carboxylic acids is 2. The number of methoxy groups -OCH3 is 1. The molecule has 0 aliphatic rings. The topological polar surface area (TPSA) is 95.0 Å². The van der Waals surface area contributed by atoms with Crippen molar-refractivity contribution in [1.29, 1.82) is 0 Å². The molecule has 0 saturated carbocycles. The third-order valence-corrected chi connectivity index (χ3v) is 3.65. The second-order valence-corrected chi connectivity index (χ2v) is 5.22. The van der Waals surface area contributed by atoms with E-state index in [4.69, 9.17) is 14.2 Å². The number of pyridine rings is 1. The molecule has 25 heavy (non-hydrogen) atoms. The van der Waals surface area contributed by atoms with Gasteiger partial charge >= 0.3 is 11.9 Å². The molecule has 0 amide bonds. The first-order valence-electron chi connectivity index (χ1n) is 7.98. The predicted octanol–water partition coefficient (Wildman–Crippen LogP) is 2.37. The normalized spacial score (nSPS) is 12.2. The highest BCUT2D eigenvalue weighted by Crippen LogP contribution is 2.30. The standard InChI is InChI=1S/C18H21NO6/c1-4-24-17(21)14(18(22)25-5-2)16(23-3)12-10-9-11-7-6-8-13(20)15(11)19-12/h6-10,14,16,20H,4-5H2,1-3H3/t16-/m0/s1. The van der Waals surface area contributed by atoms with Crippen molar-refractivity contribution in [3.05, 3.63) is 36.0 Å². The van der Waals surface area contributed by atoms with Crippen LogP contribution in [0.1, 0.15) is 25.6 Å². The summed E-state index contributed by atoms with van der Waals surface area (Å²) in [6, 6.07) is 8.38. The summed E-state index contributed by atoms with van der Waals surface area (Å²) in [5.74, 6) is -2.79. The maximum atomic E-state index is 12.3. The molecule has 7 nitrogen and oxygen atoms in total. The van der Waals surface area contributed by atoms with Crippen LogP contribution in [-0.2, 0) is 23.8 Å². The molecule has 0 spiro atoms. The van der Waals surface area contributed by atoms with Gasteiger partial charge in [-0.3, -0.25) is 9.59 Å². The number of phenolic OH excluding ortho intramolecular Hbond substituents is 1. The van der Waals surface area contributed by atoms with Crippen LogP contribution >= 0.6 is 0 Å². The van der Waals surface area contributed by atoms with Crippen molar-refractivity contribution in [2.75, 3.05) is 20.3 Å². The highest BCUT2D eigenvalue weighted by Gasteiger charge is 2.39. The molecule has 0 aliphatic carbocycles. The van der Waals surface area contributed by atoms with Gasteiger partial charge in [-0.1, -0.05) is 18.2 Å². The Bertz CT molecular complexity index is 742. The van der Waals surface area contributed by atoms with E-state index in [0.717, 1.165) is 5.39 Å². The van der Waals surface area contributed by atoms with E-state index in [9.17, 15) is 14.7 Å². The second-order valence-electron chi connectivity index (χ2n) is 5.22. The molecule has 1 N–H and O–H groups in total. The van der Waals surface area contributed by atoms with Crippen molar-refractivity contribution in [2.45, 2.75) is 20.0 Å². The van der Waals surface area contributed by atoms with Crippen LogP contribution < -0.4 is 0 Å². The number of carbonyl (C=O) groups is 2. The molecule has 1 atom stereocenters. The molecule has 1 heterocycles. The molecule has 7 heteroatoms. The molecule has 2 rings (SSSR count). The third-order valence-electron chi connectivity index (χ3n) is 3.65. The van der Waals surface area contributed by atoms with E-state index in [1.807, 2.05) is 0 Å². The minimum atomic E-state index is -1.30.